The number of carboxylic acid groups (broad SMARTS) is 1. The number of hydrogen-bond acceptors (Lipinski definition) is 1. The van der Waals surface area contributed by atoms with Gasteiger partial charge in [0, 0.05) is 12.0 Å². The van der Waals surface area contributed by atoms with Crippen LogP contribution in [0.1, 0.15) is 12.8 Å². The molecule has 0 fully saturated rings. The molecular formula is C11H7F13O2. The molecule has 0 amide bonds. The zero-order chi connectivity index (χ0) is 21.6. The number of carboxylic acids is 1. The van der Waals surface area contributed by atoms with Gasteiger partial charge in [-0.05, 0) is 6.42 Å². The Morgan fingerprint density at radius 1 is 0.692 bits per heavy atom. The zero-order valence-corrected chi connectivity index (χ0v) is 11.9. The van der Waals surface area contributed by atoms with Crippen LogP contribution in [0.4, 0.5) is 57.1 Å². The van der Waals surface area contributed by atoms with Crippen LogP contribution in [0.15, 0.2) is 12.2 Å². The van der Waals surface area contributed by atoms with Crippen LogP contribution in [0.5, 0.6) is 0 Å². The fourth-order valence-electron chi connectivity index (χ4n) is 1.37. The molecule has 0 aromatic heterocycles. The van der Waals surface area contributed by atoms with E-state index in [1.165, 1.54) is 0 Å². The molecular weight excluding hydrogens is 411 g/mol. The van der Waals surface area contributed by atoms with Gasteiger partial charge in [0.05, 0.1) is 0 Å². The van der Waals surface area contributed by atoms with Gasteiger partial charge in [-0.1, -0.05) is 6.58 Å². The van der Waals surface area contributed by atoms with E-state index in [2.05, 4.69) is 6.58 Å². The van der Waals surface area contributed by atoms with Gasteiger partial charge in [0.15, 0.2) is 0 Å². The second-order valence-corrected chi connectivity index (χ2v) is 4.91. The summed E-state index contributed by atoms with van der Waals surface area (Å²) in [5, 5.41) is 8.24. The lowest BCUT2D eigenvalue weighted by Crippen LogP contribution is -2.70. The molecule has 0 rings (SSSR count). The van der Waals surface area contributed by atoms with Crippen molar-refractivity contribution in [2.24, 2.45) is 0 Å². The highest BCUT2D eigenvalue weighted by atomic mass is 19.4. The third-order valence-electron chi connectivity index (χ3n) is 3.04. The number of carbonyl (C=O) groups is 1. The van der Waals surface area contributed by atoms with Gasteiger partial charge < -0.3 is 5.11 Å². The fraction of sp³-hybridized carbons (Fsp3) is 0.727. The third-order valence-corrected chi connectivity index (χ3v) is 3.04. The summed E-state index contributed by atoms with van der Waals surface area (Å²) < 4.78 is 165. The van der Waals surface area contributed by atoms with Gasteiger partial charge in [0.25, 0.3) is 0 Å². The van der Waals surface area contributed by atoms with Crippen LogP contribution < -0.4 is 0 Å². The van der Waals surface area contributed by atoms with E-state index >= 15 is 0 Å². The van der Waals surface area contributed by atoms with E-state index in [0.29, 0.717) is 0 Å². The SMILES string of the molecule is C=C(CCC(F)(F)C(F)(F)C(F)(F)C(F)(F)C(F)(F)C(F)(F)F)C(=O)O. The lowest BCUT2D eigenvalue weighted by molar-refractivity contribution is -0.440. The molecule has 0 aromatic rings. The Balaban J connectivity index is 6.00. The van der Waals surface area contributed by atoms with E-state index in [4.69, 9.17) is 5.11 Å². The van der Waals surface area contributed by atoms with Gasteiger partial charge >= 0.3 is 41.8 Å². The molecule has 1 N–H and O–H groups in total. The smallest absolute Gasteiger partial charge is 0.460 e. The fourth-order valence-corrected chi connectivity index (χ4v) is 1.37. The third kappa shape index (κ3) is 3.56. The van der Waals surface area contributed by atoms with Crippen molar-refractivity contribution in [2.75, 3.05) is 0 Å². The molecule has 26 heavy (non-hydrogen) atoms. The second kappa shape index (κ2) is 6.48. The van der Waals surface area contributed by atoms with E-state index in [1.54, 1.807) is 0 Å². The Labute approximate surface area is 135 Å². The van der Waals surface area contributed by atoms with Gasteiger partial charge in [0.1, 0.15) is 0 Å². The summed E-state index contributed by atoms with van der Waals surface area (Å²) >= 11 is 0. The average Bonchev–Trinajstić information content (AvgIpc) is 2.42. The zero-order valence-electron chi connectivity index (χ0n) is 11.9. The summed E-state index contributed by atoms with van der Waals surface area (Å²) in [5.41, 5.74) is -1.27. The highest BCUT2D eigenvalue weighted by Gasteiger charge is 2.90. The maximum atomic E-state index is 13.2. The predicted molar refractivity (Wildman–Crippen MR) is 56.8 cm³/mol. The summed E-state index contributed by atoms with van der Waals surface area (Å²) in [7, 11) is 0. The van der Waals surface area contributed by atoms with Crippen LogP contribution >= 0.6 is 0 Å². The molecule has 0 radical (unpaired) electrons. The normalized spacial score (nSPS) is 15.1. The molecule has 0 aliphatic carbocycles. The minimum Gasteiger partial charge on any atom is -0.478 e. The standard InChI is InChI=1S/C11H7F13O2/c1-4(5(25)26)2-3-6(12,13)7(14,15)8(16,17)9(18,19)10(20,21)11(22,23)24/h1-3H2,(H,25,26). The van der Waals surface area contributed by atoms with E-state index in [-0.39, 0.29) is 0 Å². The molecule has 0 heterocycles. The molecule has 0 aliphatic heterocycles. The monoisotopic (exact) mass is 418 g/mol. The van der Waals surface area contributed by atoms with E-state index in [9.17, 15) is 61.9 Å². The Morgan fingerprint density at radius 2 is 1.04 bits per heavy atom. The molecule has 0 aliphatic rings. The maximum Gasteiger partial charge on any atom is 0.460 e. The van der Waals surface area contributed by atoms with Crippen LogP contribution in [-0.2, 0) is 4.79 Å². The highest BCUT2D eigenvalue weighted by molar-refractivity contribution is 5.85. The summed E-state index contributed by atoms with van der Waals surface area (Å²) in [4.78, 5) is 10.2. The number of hydrogen-bond donors (Lipinski definition) is 1. The lowest BCUT2D eigenvalue weighted by Gasteiger charge is -2.39. The van der Waals surface area contributed by atoms with Crippen molar-refractivity contribution < 1.29 is 67.0 Å². The van der Waals surface area contributed by atoms with Crippen LogP contribution in [0, 0.1) is 0 Å². The molecule has 0 aromatic carbocycles. The van der Waals surface area contributed by atoms with Gasteiger partial charge in [-0.2, -0.15) is 57.1 Å². The van der Waals surface area contributed by atoms with Crippen molar-refractivity contribution in [3.8, 4) is 0 Å². The highest BCUT2D eigenvalue weighted by Crippen LogP contribution is 2.60. The van der Waals surface area contributed by atoms with Crippen molar-refractivity contribution >= 4 is 5.97 Å². The molecule has 0 bridgehead atoms. The summed E-state index contributed by atoms with van der Waals surface area (Å²) in [6.07, 6.45) is -11.8. The van der Waals surface area contributed by atoms with Crippen molar-refractivity contribution in [3.05, 3.63) is 12.2 Å². The topological polar surface area (TPSA) is 37.3 Å². The second-order valence-electron chi connectivity index (χ2n) is 4.91. The first-order chi connectivity index (χ1) is 11.1. The molecule has 0 saturated carbocycles. The molecule has 0 atom stereocenters. The number of alkyl halides is 13. The first kappa shape index (κ1) is 24.3. The largest absolute Gasteiger partial charge is 0.478 e. The van der Waals surface area contributed by atoms with Crippen LogP contribution in [-0.4, -0.2) is 46.9 Å². The summed E-state index contributed by atoms with van der Waals surface area (Å²) in [5.74, 6) is -39.4. The Bertz CT molecular complexity index is 561. The molecule has 2 nitrogen and oxygen atoms in total. The lowest BCUT2D eigenvalue weighted by atomic mass is 9.91. The molecule has 0 unspecified atom stereocenters. The van der Waals surface area contributed by atoms with Crippen LogP contribution in [0.25, 0.3) is 0 Å². The Kier molecular flexibility index (Phi) is 6.05. The van der Waals surface area contributed by atoms with E-state index < -0.39 is 60.2 Å². The molecule has 0 saturated heterocycles. The number of aliphatic carboxylic acids is 1. The Hall–Kier alpha value is -1.70. The first-order valence-electron chi connectivity index (χ1n) is 5.95. The van der Waals surface area contributed by atoms with Gasteiger partial charge in [-0.3, -0.25) is 0 Å². The van der Waals surface area contributed by atoms with Crippen molar-refractivity contribution in [3.63, 3.8) is 0 Å². The molecule has 0 spiro atoms. The summed E-state index contributed by atoms with van der Waals surface area (Å²) in [6.45, 7) is 2.54. The molecule has 154 valence electrons. The van der Waals surface area contributed by atoms with Crippen LogP contribution in [0.3, 0.4) is 0 Å². The maximum absolute atomic E-state index is 13.2. The number of rotatable bonds is 8. The summed E-state index contributed by atoms with van der Waals surface area (Å²) in [6, 6.07) is 0. The Morgan fingerprint density at radius 3 is 1.35 bits per heavy atom. The molecule has 15 heteroatoms. The number of halogens is 13. The first-order valence-corrected chi connectivity index (χ1v) is 5.95. The van der Waals surface area contributed by atoms with Gasteiger partial charge in [-0.25, -0.2) is 4.79 Å². The van der Waals surface area contributed by atoms with Crippen LogP contribution in [0.2, 0.25) is 0 Å². The van der Waals surface area contributed by atoms with E-state index in [1.807, 2.05) is 0 Å². The van der Waals surface area contributed by atoms with Crippen molar-refractivity contribution in [1.82, 2.24) is 0 Å². The van der Waals surface area contributed by atoms with E-state index in [0.717, 1.165) is 0 Å². The van der Waals surface area contributed by atoms with Crippen molar-refractivity contribution in [2.45, 2.75) is 48.6 Å². The van der Waals surface area contributed by atoms with Gasteiger partial charge in [-0.15, -0.1) is 0 Å². The minimum absolute atomic E-state index is 1.27. The quantitative estimate of drug-likeness (QED) is 0.438. The van der Waals surface area contributed by atoms with Gasteiger partial charge in [0.2, 0.25) is 0 Å². The predicted octanol–water partition coefficient (Wildman–Crippen LogP) is 5.15. The minimum atomic E-state index is -7.96. The van der Waals surface area contributed by atoms with Crippen molar-refractivity contribution in [1.29, 1.82) is 0 Å². The average molecular weight is 418 g/mol.